The monoisotopic (exact) mass is 308 g/mol. The van der Waals surface area contributed by atoms with E-state index in [-0.39, 0.29) is 11.6 Å². The summed E-state index contributed by atoms with van der Waals surface area (Å²) >= 11 is 3.42. The van der Waals surface area contributed by atoms with E-state index < -0.39 is 0 Å². The Hall–Kier alpha value is -1.35. The number of alkyl halides is 1. The molecule has 0 saturated heterocycles. The third-order valence-electron chi connectivity index (χ3n) is 2.74. The predicted octanol–water partition coefficient (Wildman–Crippen LogP) is 5.13. The van der Waals surface area contributed by atoms with E-state index in [0.29, 0.717) is 16.6 Å². The summed E-state index contributed by atoms with van der Waals surface area (Å²) in [6.07, 6.45) is 0. The molecule has 2 rings (SSSR count). The summed E-state index contributed by atoms with van der Waals surface area (Å²) in [7, 11) is 0. The maximum absolute atomic E-state index is 13.9. The minimum Gasteiger partial charge on any atom is -0.454 e. The molecule has 1 nitrogen and oxygen atoms in total. The lowest BCUT2D eigenvalue weighted by atomic mass is 10.1. The Morgan fingerprint density at radius 3 is 2.61 bits per heavy atom. The molecule has 0 bridgehead atoms. The molecule has 0 fully saturated rings. The van der Waals surface area contributed by atoms with Crippen molar-refractivity contribution < 1.29 is 9.13 Å². The van der Waals surface area contributed by atoms with Gasteiger partial charge in [0.25, 0.3) is 0 Å². The number of aryl methyl sites for hydroxylation is 2. The van der Waals surface area contributed by atoms with Gasteiger partial charge in [-0.25, -0.2) is 4.39 Å². The predicted molar refractivity (Wildman–Crippen MR) is 75.0 cm³/mol. The van der Waals surface area contributed by atoms with Crippen LogP contribution < -0.4 is 4.74 Å². The molecule has 2 aromatic rings. The first kappa shape index (κ1) is 13.1. The molecule has 0 heterocycles. The van der Waals surface area contributed by atoms with Crippen molar-refractivity contribution >= 4 is 15.9 Å². The molecule has 0 radical (unpaired) electrons. The molecular weight excluding hydrogens is 295 g/mol. The lowest BCUT2D eigenvalue weighted by molar-refractivity contribution is 0.437. The van der Waals surface area contributed by atoms with E-state index in [1.165, 1.54) is 0 Å². The summed E-state index contributed by atoms with van der Waals surface area (Å²) in [5, 5.41) is 0.678. The van der Waals surface area contributed by atoms with Crippen LogP contribution in [0.25, 0.3) is 0 Å². The van der Waals surface area contributed by atoms with E-state index in [1.54, 1.807) is 25.1 Å². The standard InChI is InChI=1S/C15H14BrFO/c1-10-6-7-13(12(8-10)9-16)18-14-5-3-4-11(2)15(14)17/h3-8H,9H2,1-2H3. The highest BCUT2D eigenvalue weighted by molar-refractivity contribution is 9.08. The Labute approximate surface area is 115 Å². The molecule has 0 aliphatic heterocycles. The van der Waals surface area contributed by atoms with Crippen molar-refractivity contribution in [2.75, 3.05) is 0 Å². The summed E-state index contributed by atoms with van der Waals surface area (Å²) in [5.41, 5.74) is 2.75. The molecular formula is C15H14BrFO. The largest absolute Gasteiger partial charge is 0.454 e. The summed E-state index contributed by atoms with van der Waals surface area (Å²) < 4.78 is 19.5. The van der Waals surface area contributed by atoms with Crippen LogP contribution in [0.3, 0.4) is 0 Å². The first-order valence-corrected chi connectivity index (χ1v) is 6.82. The number of rotatable bonds is 3. The zero-order valence-electron chi connectivity index (χ0n) is 10.3. The summed E-state index contributed by atoms with van der Waals surface area (Å²) in [5.74, 6) is 0.640. The third kappa shape index (κ3) is 2.72. The molecule has 0 aliphatic rings. The first-order valence-electron chi connectivity index (χ1n) is 5.70. The highest BCUT2D eigenvalue weighted by atomic mass is 79.9. The normalized spacial score (nSPS) is 10.4. The van der Waals surface area contributed by atoms with Gasteiger partial charge in [-0.2, -0.15) is 0 Å². The van der Waals surface area contributed by atoms with Crippen molar-refractivity contribution in [1.82, 2.24) is 0 Å². The quantitative estimate of drug-likeness (QED) is 0.714. The Bertz CT molecular complexity index is 566. The Morgan fingerprint density at radius 2 is 1.89 bits per heavy atom. The van der Waals surface area contributed by atoms with Gasteiger partial charge in [-0.15, -0.1) is 0 Å². The fourth-order valence-electron chi connectivity index (χ4n) is 1.73. The Kier molecular flexibility index (Phi) is 4.02. The molecule has 0 spiro atoms. The number of hydrogen-bond acceptors (Lipinski definition) is 1. The smallest absolute Gasteiger partial charge is 0.168 e. The van der Waals surface area contributed by atoms with Gasteiger partial charge in [-0.3, -0.25) is 0 Å². The van der Waals surface area contributed by atoms with Crippen LogP contribution in [0.15, 0.2) is 36.4 Å². The maximum Gasteiger partial charge on any atom is 0.168 e. The van der Waals surface area contributed by atoms with Crippen molar-refractivity contribution in [1.29, 1.82) is 0 Å². The SMILES string of the molecule is Cc1ccc(Oc2cccc(C)c2F)c(CBr)c1. The van der Waals surface area contributed by atoms with Crippen LogP contribution in [0.5, 0.6) is 11.5 Å². The Balaban J connectivity index is 2.37. The highest BCUT2D eigenvalue weighted by Crippen LogP contribution is 2.30. The molecule has 0 amide bonds. The van der Waals surface area contributed by atoms with Crippen LogP contribution >= 0.6 is 15.9 Å². The van der Waals surface area contributed by atoms with Gasteiger partial charge in [0.15, 0.2) is 11.6 Å². The molecule has 18 heavy (non-hydrogen) atoms. The third-order valence-corrected chi connectivity index (χ3v) is 3.34. The van der Waals surface area contributed by atoms with Crippen molar-refractivity contribution in [2.24, 2.45) is 0 Å². The van der Waals surface area contributed by atoms with Gasteiger partial charge in [0.2, 0.25) is 0 Å². The first-order chi connectivity index (χ1) is 8.61. The van der Waals surface area contributed by atoms with E-state index in [9.17, 15) is 4.39 Å². The summed E-state index contributed by atoms with van der Waals surface area (Å²) in [6, 6.07) is 11.0. The van der Waals surface area contributed by atoms with Crippen molar-refractivity contribution in [3.05, 3.63) is 58.9 Å². The summed E-state index contributed by atoms with van der Waals surface area (Å²) in [6.45, 7) is 3.74. The van der Waals surface area contributed by atoms with E-state index >= 15 is 0 Å². The summed E-state index contributed by atoms with van der Waals surface area (Å²) in [4.78, 5) is 0. The van der Waals surface area contributed by atoms with Crippen LogP contribution in [0.2, 0.25) is 0 Å². The lowest BCUT2D eigenvalue weighted by Crippen LogP contribution is -1.94. The van der Waals surface area contributed by atoms with Crippen molar-refractivity contribution in [3.8, 4) is 11.5 Å². The molecule has 0 N–H and O–H groups in total. The molecule has 3 heteroatoms. The lowest BCUT2D eigenvalue weighted by Gasteiger charge is -2.11. The van der Waals surface area contributed by atoms with E-state index in [1.807, 2.05) is 25.1 Å². The number of ether oxygens (including phenoxy) is 1. The fourth-order valence-corrected chi connectivity index (χ4v) is 2.17. The maximum atomic E-state index is 13.9. The van der Waals surface area contributed by atoms with Gasteiger partial charge >= 0.3 is 0 Å². The zero-order chi connectivity index (χ0) is 13.1. The Morgan fingerprint density at radius 1 is 1.11 bits per heavy atom. The molecule has 0 saturated carbocycles. The van der Waals surface area contributed by atoms with E-state index in [2.05, 4.69) is 15.9 Å². The van der Waals surface area contributed by atoms with Crippen molar-refractivity contribution in [2.45, 2.75) is 19.2 Å². The average Bonchev–Trinajstić information content (AvgIpc) is 2.37. The minimum atomic E-state index is -0.307. The topological polar surface area (TPSA) is 9.23 Å². The van der Waals surface area contributed by atoms with Gasteiger partial charge in [0.05, 0.1) is 0 Å². The van der Waals surface area contributed by atoms with Crippen LogP contribution in [-0.2, 0) is 5.33 Å². The van der Waals surface area contributed by atoms with Crippen LogP contribution in [0.4, 0.5) is 4.39 Å². The van der Waals surface area contributed by atoms with Crippen LogP contribution in [0, 0.1) is 19.7 Å². The van der Waals surface area contributed by atoms with Gasteiger partial charge in [0, 0.05) is 10.9 Å². The van der Waals surface area contributed by atoms with E-state index in [4.69, 9.17) is 4.74 Å². The van der Waals surface area contributed by atoms with Gasteiger partial charge in [-0.05, 0) is 31.5 Å². The molecule has 0 aliphatic carbocycles. The number of hydrogen-bond donors (Lipinski definition) is 0. The van der Waals surface area contributed by atoms with Crippen LogP contribution in [0.1, 0.15) is 16.7 Å². The van der Waals surface area contributed by atoms with Gasteiger partial charge in [-0.1, -0.05) is 45.8 Å². The van der Waals surface area contributed by atoms with Crippen LogP contribution in [-0.4, -0.2) is 0 Å². The molecule has 0 unspecified atom stereocenters. The second-order valence-corrected chi connectivity index (χ2v) is 4.79. The number of halogens is 2. The number of benzene rings is 2. The molecule has 0 atom stereocenters. The van der Waals surface area contributed by atoms with Gasteiger partial charge < -0.3 is 4.74 Å². The van der Waals surface area contributed by atoms with Crippen molar-refractivity contribution in [3.63, 3.8) is 0 Å². The zero-order valence-corrected chi connectivity index (χ0v) is 11.9. The van der Waals surface area contributed by atoms with E-state index in [0.717, 1.165) is 11.1 Å². The molecule has 94 valence electrons. The molecule has 2 aromatic carbocycles. The van der Waals surface area contributed by atoms with Gasteiger partial charge in [0.1, 0.15) is 5.75 Å². The highest BCUT2D eigenvalue weighted by Gasteiger charge is 2.09. The minimum absolute atomic E-state index is 0.265. The molecule has 0 aromatic heterocycles. The fraction of sp³-hybridized carbons (Fsp3) is 0.200. The second-order valence-electron chi connectivity index (χ2n) is 4.23. The second kappa shape index (κ2) is 5.53. The average molecular weight is 309 g/mol.